The van der Waals surface area contributed by atoms with Crippen LogP contribution < -0.4 is 0 Å². The zero-order valence-electron chi connectivity index (χ0n) is 19.5. The molecule has 2 heteroatoms. The van der Waals surface area contributed by atoms with Gasteiger partial charge in [-0.1, -0.05) is 59.8 Å². The predicted molar refractivity (Wildman–Crippen MR) is 118 cm³/mol. The number of piperazine rings is 1. The molecule has 0 aromatic heterocycles. The van der Waals surface area contributed by atoms with Crippen molar-refractivity contribution in [2.24, 2.45) is 17.8 Å². The van der Waals surface area contributed by atoms with E-state index in [4.69, 9.17) is 0 Å². The maximum absolute atomic E-state index is 2.66. The van der Waals surface area contributed by atoms with E-state index in [9.17, 15) is 0 Å². The molecule has 0 aromatic rings. The first-order valence-corrected chi connectivity index (χ1v) is 11.6. The minimum Gasteiger partial charge on any atom is -0.298 e. The third-order valence-electron chi connectivity index (χ3n) is 6.56. The van der Waals surface area contributed by atoms with Gasteiger partial charge in [-0.2, -0.15) is 0 Å². The molecule has 0 N–H and O–H groups in total. The molecule has 2 rings (SSSR count). The van der Waals surface area contributed by atoms with Gasteiger partial charge < -0.3 is 0 Å². The number of hydrogen-bond donors (Lipinski definition) is 0. The third kappa shape index (κ3) is 8.74. The number of hydrogen-bond acceptors (Lipinski definition) is 2. The summed E-state index contributed by atoms with van der Waals surface area (Å²) in [6.07, 6.45) is 10.1. The molecule has 2 nitrogen and oxygen atoms in total. The summed E-state index contributed by atoms with van der Waals surface area (Å²) in [5, 5.41) is 0. The van der Waals surface area contributed by atoms with Crippen LogP contribution in [0.5, 0.6) is 0 Å². The molecule has 0 unspecified atom stereocenters. The smallest absolute Gasteiger partial charge is 0.0280 e. The molecule has 0 amide bonds. The van der Waals surface area contributed by atoms with Gasteiger partial charge in [0.15, 0.2) is 0 Å². The first-order valence-electron chi connectivity index (χ1n) is 11.6. The third-order valence-corrected chi connectivity index (χ3v) is 6.56. The summed E-state index contributed by atoms with van der Waals surface area (Å²) in [6, 6.07) is 0.692. The van der Waals surface area contributed by atoms with Gasteiger partial charge in [0.25, 0.3) is 0 Å². The maximum atomic E-state index is 2.66. The van der Waals surface area contributed by atoms with Crippen LogP contribution in [0.2, 0.25) is 0 Å². The average Bonchev–Trinajstić information content (AvgIpc) is 2.55. The Hall–Kier alpha value is -0.0800. The number of unbranched alkanes of at least 4 members (excludes halogenated alkanes) is 1. The first kappa shape index (κ1) is 24.0. The van der Waals surface area contributed by atoms with Crippen LogP contribution >= 0.6 is 0 Å². The molecule has 0 spiro atoms. The molecule has 0 atom stereocenters. The molecule has 2 aliphatic rings. The van der Waals surface area contributed by atoms with Gasteiger partial charge in [0.1, 0.15) is 0 Å². The van der Waals surface area contributed by atoms with Crippen LogP contribution in [0, 0.1) is 17.8 Å². The highest BCUT2D eigenvalue weighted by Crippen LogP contribution is 2.32. The van der Waals surface area contributed by atoms with Crippen molar-refractivity contribution >= 4 is 0 Å². The lowest BCUT2D eigenvalue weighted by molar-refractivity contribution is 0.00568. The van der Waals surface area contributed by atoms with Crippen molar-refractivity contribution in [1.82, 2.24) is 9.80 Å². The van der Waals surface area contributed by atoms with Crippen molar-refractivity contribution in [2.75, 3.05) is 26.2 Å². The van der Waals surface area contributed by atoms with Crippen molar-refractivity contribution < 1.29 is 0 Å². The van der Waals surface area contributed by atoms with Crippen LogP contribution in [-0.2, 0) is 0 Å². The van der Waals surface area contributed by atoms with Gasteiger partial charge in [0.05, 0.1) is 0 Å². The highest BCUT2D eigenvalue weighted by molar-refractivity contribution is 4.90. The van der Waals surface area contributed by atoms with E-state index in [1.54, 1.807) is 0 Å². The fourth-order valence-corrected chi connectivity index (χ4v) is 4.66. The van der Waals surface area contributed by atoms with Crippen LogP contribution in [0.3, 0.4) is 0 Å². The van der Waals surface area contributed by atoms with E-state index >= 15 is 0 Å². The fraction of sp³-hybridized carbons (Fsp3) is 1.00. The standard InChI is InChI=1S/C13H28N2.C11H22/c1-6-7-8-15-10-9-14(12(2)3)11-13(15,4)5;1-9(2)8-11-6-4-10(3)5-7-11/h12H,6-11H2,1-5H3;9-11H,4-8H2,1-3H3. The monoisotopic (exact) mass is 366 g/mol. The largest absolute Gasteiger partial charge is 0.298 e. The molecule has 1 aliphatic heterocycles. The minimum atomic E-state index is 0.359. The van der Waals surface area contributed by atoms with E-state index in [0.29, 0.717) is 11.6 Å². The van der Waals surface area contributed by atoms with Gasteiger partial charge in [-0.25, -0.2) is 0 Å². The van der Waals surface area contributed by atoms with Gasteiger partial charge in [-0.3, -0.25) is 9.80 Å². The highest BCUT2D eigenvalue weighted by Gasteiger charge is 2.33. The Labute approximate surface area is 166 Å². The lowest BCUT2D eigenvalue weighted by atomic mass is 9.79. The minimum absolute atomic E-state index is 0.359. The highest BCUT2D eigenvalue weighted by atomic mass is 15.3. The van der Waals surface area contributed by atoms with Crippen molar-refractivity contribution in [3.63, 3.8) is 0 Å². The van der Waals surface area contributed by atoms with Gasteiger partial charge in [-0.05, 0) is 64.8 Å². The summed E-state index contributed by atoms with van der Waals surface area (Å²) in [5.41, 5.74) is 0.359. The molecule has 0 radical (unpaired) electrons. The van der Waals surface area contributed by atoms with E-state index in [2.05, 4.69) is 65.2 Å². The van der Waals surface area contributed by atoms with E-state index < -0.39 is 0 Å². The second kappa shape index (κ2) is 11.7. The Morgan fingerprint density at radius 1 is 0.962 bits per heavy atom. The molecule has 0 bridgehead atoms. The van der Waals surface area contributed by atoms with E-state index in [1.807, 2.05) is 0 Å². The van der Waals surface area contributed by atoms with E-state index in [0.717, 1.165) is 17.8 Å². The summed E-state index contributed by atoms with van der Waals surface area (Å²) in [7, 11) is 0. The normalized spacial score (nSPS) is 27.5. The van der Waals surface area contributed by atoms with Crippen LogP contribution in [0.15, 0.2) is 0 Å². The average molecular weight is 367 g/mol. The molecule has 1 saturated carbocycles. The maximum Gasteiger partial charge on any atom is 0.0280 e. The quantitative estimate of drug-likeness (QED) is 0.533. The van der Waals surface area contributed by atoms with Crippen LogP contribution in [0.4, 0.5) is 0 Å². The van der Waals surface area contributed by atoms with Gasteiger partial charge in [-0.15, -0.1) is 0 Å². The van der Waals surface area contributed by atoms with Crippen LogP contribution in [-0.4, -0.2) is 47.6 Å². The summed E-state index contributed by atoms with van der Waals surface area (Å²) in [5.74, 6) is 2.98. The summed E-state index contributed by atoms with van der Waals surface area (Å²) < 4.78 is 0. The molecular weight excluding hydrogens is 316 g/mol. The van der Waals surface area contributed by atoms with Crippen LogP contribution in [0.1, 0.15) is 100 Å². The lowest BCUT2D eigenvalue weighted by Crippen LogP contribution is -2.60. The Kier molecular flexibility index (Phi) is 10.8. The second-order valence-corrected chi connectivity index (χ2v) is 10.5. The van der Waals surface area contributed by atoms with Crippen molar-refractivity contribution in [2.45, 2.75) is 112 Å². The van der Waals surface area contributed by atoms with E-state index in [-0.39, 0.29) is 0 Å². The number of nitrogens with zero attached hydrogens (tertiary/aromatic N) is 2. The summed E-state index contributed by atoms with van der Waals surface area (Å²) in [4.78, 5) is 5.26. The fourth-order valence-electron chi connectivity index (χ4n) is 4.66. The summed E-state index contributed by atoms with van der Waals surface area (Å²) in [6.45, 7) is 23.7. The molecule has 2 fully saturated rings. The topological polar surface area (TPSA) is 6.48 Å². The second-order valence-electron chi connectivity index (χ2n) is 10.5. The molecule has 156 valence electrons. The number of rotatable bonds is 6. The Balaban J connectivity index is 0.000000273. The lowest BCUT2D eigenvalue weighted by Gasteiger charge is -2.48. The first-order chi connectivity index (χ1) is 12.2. The van der Waals surface area contributed by atoms with E-state index in [1.165, 1.54) is 71.1 Å². The Morgan fingerprint density at radius 2 is 1.58 bits per heavy atom. The van der Waals surface area contributed by atoms with Crippen molar-refractivity contribution in [1.29, 1.82) is 0 Å². The zero-order chi connectivity index (χ0) is 19.7. The Bertz CT molecular complexity index is 353. The van der Waals surface area contributed by atoms with Crippen LogP contribution in [0.25, 0.3) is 0 Å². The van der Waals surface area contributed by atoms with Crippen molar-refractivity contribution in [3.05, 3.63) is 0 Å². The van der Waals surface area contributed by atoms with Gasteiger partial charge in [0, 0.05) is 31.2 Å². The van der Waals surface area contributed by atoms with Crippen molar-refractivity contribution in [3.8, 4) is 0 Å². The summed E-state index contributed by atoms with van der Waals surface area (Å²) >= 11 is 0. The molecule has 26 heavy (non-hydrogen) atoms. The van der Waals surface area contributed by atoms with Gasteiger partial charge >= 0.3 is 0 Å². The molecule has 1 heterocycles. The SMILES string of the molecule is CC(C)CC1CCC(C)CC1.CCCCN1CCN(C(C)C)CC1(C)C. The molecule has 1 saturated heterocycles. The molecule has 1 aliphatic carbocycles. The molecule has 0 aromatic carbocycles. The Morgan fingerprint density at radius 3 is 2.04 bits per heavy atom. The van der Waals surface area contributed by atoms with Gasteiger partial charge in [0.2, 0.25) is 0 Å². The predicted octanol–water partition coefficient (Wildman–Crippen LogP) is 6.45. The zero-order valence-corrected chi connectivity index (χ0v) is 19.5. The molecular formula is C24H50N2.